The molecule has 2 saturated heterocycles. The molecule has 210 valence electrons. The second-order valence-corrected chi connectivity index (χ2v) is 10.0. The zero-order chi connectivity index (χ0) is 27.1. The number of carboxylic acids is 1. The largest absolute Gasteiger partial charge is 0.481 e. The molecule has 9 nitrogen and oxygen atoms in total. The van der Waals surface area contributed by atoms with Crippen molar-refractivity contribution in [3.05, 3.63) is 71.8 Å². The number of carbonyl (C=O) groups excluding carboxylic acids is 3. The highest BCUT2D eigenvalue weighted by Gasteiger charge is 2.43. The molecule has 2 aliphatic heterocycles. The second-order valence-electron chi connectivity index (χ2n) is 10.0. The Morgan fingerprint density at radius 1 is 0.872 bits per heavy atom. The van der Waals surface area contributed by atoms with Crippen LogP contribution >= 0.6 is 12.4 Å². The minimum absolute atomic E-state index is 0. The van der Waals surface area contributed by atoms with Crippen molar-refractivity contribution in [2.24, 2.45) is 11.7 Å². The number of halogens is 1. The number of carboxylic acid groups (broad SMARTS) is 1. The van der Waals surface area contributed by atoms with Gasteiger partial charge >= 0.3 is 11.9 Å². The molecule has 10 heteroatoms. The number of ether oxygens (including phenoxy) is 1. The van der Waals surface area contributed by atoms with Gasteiger partial charge in [-0.05, 0) is 49.7 Å². The predicted octanol–water partition coefficient (Wildman–Crippen LogP) is 2.79. The number of nitrogens with two attached hydrogens (primary N) is 1. The molecule has 2 amide bonds. The van der Waals surface area contributed by atoms with Gasteiger partial charge in [-0.2, -0.15) is 0 Å². The Bertz CT molecular complexity index is 1130. The van der Waals surface area contributed by atoms with Crippen molar-refractivity contribution < 1.29 is 29.0 Å². The lowest BCUT2D eigenvalue weighted by atomic mass is 9.92. The van der Waals surface area contributed by atoms with Crippen LogP contribution in [0.3, 0.4) is 0 Å². The van der Waals surface area contributed by atoms with Gasteiger partial charge in [-0.25, -0.2) is 4.79 Å². The molecule has 3 N–H and O–H groups in total. The van der Waals surface area contributed by atoms with Crippen molar-refractivity contribution in [1.82, 2.24) is 9.80 Å². The van der Waals surface area contributed by atoms with Gasteiger partial charge in [0.2, 0.25) is 11.8 Å². The first kappa shape index (κ1) is 30.1. The number of hydrogen-bond donors (Lipinski definition) is 2. The van der Waals surface area contributed by atoms with Crippen molar-refractivity contribution in [3.63, 3.8) is 0 Å². The molecule has 2 fully saturated rings. The van der Waals surface area contributed by atoms with E-state index in [-0.39, 0.29) is 37.8 Å². The molecule has 2 heterocycles. The summed E-state index contributed by atoms with van der Waals surface area (Å²) in [6.45, 7) is 0.928. The van der Waals surface area contributed by atoms with Gasteiger partial charge in [0.1, 0.15) is 18.7 Å². The van der Waals surface area contributed by atoms with E-state index in [1.165, 1.54) is 9.80 Å². The Balaban J connectivity index is 0.00000420. The van der Waals surface area contributed by atoms with E-state index >= 15 is 0 Å². The summed E-state index contributed by atoms with van der Waals surface area (Å²) in [7, 11) is 0. The SMILES string of the molecule is Cl.N[C@@H](CC(Cc1ccccc1)C(=O)O)C(=O)N1CCC[C@H]1C(=O)N1CCC[C@H]1C(=O)OCc1ccccc1. The fourth-order valence-electron chi connectivity index (χ4n) is 5.37. The Labute approximate surface area is 234 Å². The molecule has 4 rings (SSSR count). The highest BCUT2D eigenvalue weighted by molar-refractivity contribution is 5.93. The number of amides is 2. The number of aliphatic carboxylic acids is 1. The van der Waals surface area contributed by atoms with Gasteiger partial charge in [0.25, 0.3) is 0 Å². The van der Waals surface area contributed by atoms with Crippen molar-refractivity contribution in [2.75, 3.05) is 13.1 Å². The summed E-state index contributed by atoms with van der Waals surface area (Å²) < 4.78 is 5.49. The minimum atomic E-state index is -1.04. The number of nitrogens with zero attached hydrogens (tertiary/aromatic N) is 2. The molecule has 4 atom stereocenters. The Hall–Kier alpha value is -3.43. The van der Waals surface area contributed by atoms with Crippen LogP contribution in [0.4, 0.5) is 0 Å². The molecule has 0 bridgehead atoms. The highest BCUT2D eigenvalue weighted by Crippen LogP contribution is 2.27. The van der Waals surface area contributed by atoms with Crippen LogP contribution in [-0.4, -0.2) is 69.9 Å². The van der Waals surface area contributed by atoms with Crippen LogP contribution in [0.15, 0.2) is 60.7 Å². The lowest BCUT2D eigenvalue weighted by Gasteiger charge is -2.32. The lowest BCUT2D eigenvalue weighted by Crippen LogP contribution is -2.54. The smallest absolute Gasteiger partial charge is 0.329 e. The van der Waals surface area contributed by atoms with E-state index < -0.39 is 41.9 Å². The number of hydrogen-bond acceptors (Lipinski definition) is 6. The van der Waals surface area contributed by atoms with Crippen LogP contribution in [0.2, 0.25) is 0 Å². The summed E-state index contributed by atoms with van der Waals surface area (Å²) in [5.41, 5.74) is 7.94. The Morgan fingerprint density at radius 2 is 1.44 bits per heavy atom. The van der Waals surface area contributed by atoms with Crippen LogP contribution in [0.1, 0.15) is 43.2 Å². The van der Waals surface area contributed by atoms with Crippen molar-refractivity contribution in [2.45, 2.75) is 63.3 Å². The molecule has 39 heavy (non-hydrogen) atoms. The maximum absolute atomic E-state index is 13.5. The summed E-state index contributed by atoms with van der Waals surface area (Å²) in [5, 5.41) is 9.73. The average Bonchev–Trinajstić information content (AvgIpc) is 3.62. The zero-order valence-electron chi connectivity index (χ0n) is 21.8. The van der Waals surface area contributed by atoms with E-state index in [0.717, 1.165) is 11.1 Å². The van der Waals surface area contributed by atoms with E-state index in [4.69, 9.17) is 10.5 Å². The molecule has 1 unspecified atom stereocenters. The molecule has 0 aromatic heterocycles. The molecule has 0 radical (unpaired) electrons. The molecule has 0 aliphatic carbocycles. The van der Waals surface area contributed by atoms with E-state index in [9.17, 15) is 24.3 Å². The fraction of sp³-hybridized carbons (Fsp3) is 0.448. The monoisotopic (exact) mass is 557 g/mol. The van der Waals surface area contributed by atoms with Crippen LogP contribution in [0.5, 0.6) is 0 Å². The standard InChI is InChI=1S/C29H35N3O6.ClH/c30-23(18-22(28(35)36)17-20-9-3-1-4-10-20)26(33)31-15-7-13-24(31)27(34)32-16-8-14-25(32)29(37)38-19-21-11-5-2-6-12-21;/h1-6,9-12,22-25H,7-8,13-19,30H2,(H,35,36);1H/t22?,23-,24-,25-;/m0./s1. The normalized spacial score (nSPS) is 20.1. The molecular formula is C29H36ClN3O6. The topological polar surface area (TPSA) is 130 Å². The minimum Gasteiger partial charge on any atom is -0.481 e. The molecular weight excluding hydrogens is 522 g/mol. The molecule has 2 aromatic rings. The number of likely N-dealkylation sites (tertiary alicyclic amines) is 2. The maximum Gasteiger partial charge on any atom is 0.329 e. The summed E-state index contributed by atoms with van der Waals surface area (Å²) in [6.07, 6.45) is 2.54. The summed E-state index contributed by atoms with van der Waals surface area (Å²) in [6, 6.07) is 16.1. The first-order valence-corrected chi connectivity index (χ1v) is 13.2. The van der Waals surface area contributed by atoms with Crippen LogP contribution in [0.25, 0.3) is 0 Å². The maximum atomic E-state index is 13.5. The van der Waals surface area contributed by atoms with Crippen molar-refractivity contribution in [1.29, 1.82) is 0 Å². The number of benzene rings is 2. The van der Waals surface area contributed by atoms with Gasteiger partial charge in [0.15, 0.2) is 0 Å². The first-order valence-electron chi connectivity index (χ1n) is 13.2. The Morgan fingerprint density at radius 3 is 2.05 bits per heavy atom. The molecule has 0 spiro atoms. The molecule has 0 saturated carbocycles. The highest BCUT2D eigenvalue weighted by atomic mass is 35.5. The summed E-state index contributed by atoms with van der Waals surface area (Å²) in [4.78, 5) is 54.6. The third-order valence-electron chi connectivity index (χ3n) is 7.38. The predicted molar refractivity (Wildman–Crippen MR) is 147 cm³/mol. The summed E-state index contributed by atoms with van der Waals surface area (Å²) >= 11 is 0. The summed E-state index contributed by atoms with van der Waals surface area (Å²) in [5.74, 6) is -2.99. The number of rotatable bonds is 10. The second kappa shape index (κ2) is 14.1. The van der Waals surface area contributed by atoms with Gasteiger partial charge < -0.3 is 25.4 Å². The lowest BCUT2D eigenvalue weighted by molar-refractivity contribution is -0.156. The van der Waals surface area contributed by atoms with Crippen LogP contribution < -0.4 is 5.73 Å². The molecule has 2 aromatic carbocycles. The first-order chi connectivity index (χ1) is 18.3. The van der Waals surface area contributed by atoms with Crippen LogP contribution in [0, 0.1) is 5.92 Å². The average molecular weight is 558 g/mol. The van der Waals surface area contributed by atoms with Crippen molar-refractivity contribution >= 4 is 36.2 Å². The van der Waals surface area contributed by atoms with Crippen molar-refractivity contribution in [3.8, 4) is 0 Å². The van der Waals surface area contributed by atoms with Crippen LogP contribution in [-0.2, 0) is 36.9 Å². The Kier molecular flexibility index (Phi) is 10.9. The van der Waals surface area contributed by atoms with E-state index in [2.05, 4.69) is 0 Å². The van der Waals surface area contributed by atoms with E-state index in [1.54, 1.807) is 0 Å². The number of carbonyl (C=O) groups is 4. The zero-order valence-corrected chi connectivity index (χ0v) is 22.6. The van der Waals surface area contributed by atoms with Gasteiger partial charge in [-0.3, -0.25) is 14.4 Å². The van der Waals surface area contributed by atoms with Gasteiger partial charge in [-0.1, -0.05) is 60.7 Å². The van der Waals surface area contributed by atoms with Gasteiger partial charge in [0, 0.05) is 13.1 Å². The number of esters is 1. The van der Waals surface area contributed by atoms with Gasteiger partial charge in [-0.15, -0.1) is 12.4 Å². The quantitative estimate of drug-likeness (QED) is 0.429. The van der Waals surface area contributed by atoms with Gasteiger partial charge in [0.05, 0.1) is 12.0 Å². The third-order valence-corrected chi connectivity index (χ3v) is 7.38. The third kappa shape index (κ3) is 7.58. The molecule has 2 aliphatic rings. The van der Waals surface area contributed by atoms with E-state index in [0.29, 0.717) is 38.8 Å². The van der Waals surface area contributed by atoms with E-state index in [1.807, 2.05) is 60.7 Å². The fourth-order valence-corrected chi connectivity index (χ4v) is 5.37.